The van der Waals surface area contributed by atoms with Crippen molar-refractivity contribution in [1.29, 1.82) is 0 Å². The summed E-state index contributed by atoms with van der Waals surface area (Å²) in [4.78, 5) is 65.0. The quantitative estimate of drug-likeness (QED) is 0.211. The number of amides is 1. The molecule has 12 heteroatoms. The number of carbonyl (C=O) groups excluding carboxylic acids is 3. The predicted molar refractivity (Wildman–Crippen MR) is 231 cm³/mol. The number of fused-ring (bicyclic) bond motifs is 2. The van der Waals surface area contributed by atoms with E-state index in [2.05, 4.69) is 5.32 Å². The summed E-state index contributed by atoms with van der Waals surface area (Å²) in [5.41, 5.74) is 2.34. The topological polar surface area (TPSA) is 166 Å². The number of carbonyl (C=O) groups is 3. The number of nitrogens with one attached hydrogen (secondary N) is 1. The molecule has 2 heterocycles. The molecular formula is C48H71N3O9. The summed E-state index contributed by atoms with van der Waals surface area (Å²) in [6.07, 6.45) is 26.3. The number of ether oxygens (including phenoxy) is 2. The first-order valence-electron chi connectivity index (χ1n) is 23.6. The standard InChI is InChI=1S/C28H42N2O5.C20H29NO4/c1-2-35-28(34)20-14-10-11-16-22(20)29-26(32)24-25(31)21-15-8-3-4-9-17-23(21)30(27(24)33)18-19-12-6-5-7-13-19;1-25-20(24)17-18(22)15-11-7-2-3-8-12-16(15)21(19(17)23)13-14-9-5-4-6-10-14/h19-20,22,31H,2-18H2,1H3,(H,29,32);14,22H,2-13H2,1H3. The Morgan fingerprint density at radius 1 is 0.600 bits per heavy atom. The molecule has 0 radical (unpaired) electrons. The van der Waals surface area contributed by atoms with Crippen LogP contribution in [0.1, 0.15) is 191 Å². The minimum atomic E-state index is -0.732. The first kappa shape index (κ1) is 45.4. The van der Waals surface area contributed by atoms with E-state index < -0.39 is 17.8 Å². The normalized spacial score (nSPS) is 21.6. The molecule has 0 bridgehead atoms. The molecule has 332 valence electrons. The van der Waals surface area contributed by atoms with Crippen LogP contribution in [0.15, 0.2) is 9.59 Å². The highest BCUT2D eigenvalue weighted by Gasteiger charge is 2.36. The van der Waals surface area contributed by atoms with Crippen molar-refractivity contribution >= 4 is 17.8 Å². The molecule has 5 aliphatic carbocycles. The van der Waals surface area contributed by atoms with Gasteiger partial charge in [0.25, 0.3) is 17.0 Å². The lowest BCUT2D eigenvalue weighted by molar-refractivity contribution is -0.150. The van der Waals surface area contributed by atoms with Gasteiger partial charge in [0.2, 0.25) is 0 Å². The maximum atomic E-state index is 13.8. The van der Waals surface area contributed by atoms with E-state index in [9.17, 15) is 34.2 Å². The average Bonchev–Trinajstić information content (AvgIpc) is 3.22. The lowest BCUT2D eigenvalue weighted by Crippen LogP contribution is -2.47. The van der Waals surface area contributed by atoms with Gasteiger partial charge in [0.15, 0.2) is 5.56 Å². The van der Waals surface area contributed by atoms with E-state index >= 15 is 0 Å². The zero-order valence-corrected chi connectivity index (χ0v) is 36.5. The van der Waals surface area contributed by atoms with Gasteiger partial charge < -0.3 is 34.1 Å². The fourth-order valence-corrected chi connectivity index (χ4v) is 10.8. The lowest BCUT2D eigenvalue weighted by atomic mass is 9.84. The van der Waals surface area contributed by atoms with E-state index in [1.54, 1.807) is 11.5 Å². The summed E-state index contributed by atoms with van der Waals surface area (Å²) in [7, 11) is 1.25. The number of methoxy groups -OCH3 is 1. The van der Waals surface area contributed by atoms with E-state index in [0.29, 0.717) is 50.8 Å². The molecule has 0 aliphatic heterocycles. The van der Waals surface area contributed by atoms with E-state index in [4.69, 9.17) is 9.47 Å². The molecule has 0 saturated heterocycles. The number of hydrogen-bond acceptors (Lipinski definition) is 9. The second-order valence-corrected chi connectivity index (χ2v) is 18.2. The van der Waals surface area contributed by atoms with Gasteiger partial charge in [-0.1, -0.05) is 77.0 Å². The number of esters is 2. The van der Waals surface area contributed by atoms with Crippen molar-refractivity contribution in [2.75, 3.05) is 13.7 Å². The molecule has 2 aromatic heterocycles. The van der Waals surface area contributed by atoms with Crippen molar-refractivity contribution in [2.24, 2.45) is 17.8 Å². The molecule has 1 amide bonds. The molecular weight excluding hydrogens is 763 g/mol. The Labute approximate surface area is 355 Å². The fraction of sp³-hybridized carbons (Fsp3) is 0.729. The Morgan fingerprint density at radius 2 is 1.03 bits per heavy atom. The maximum Gasteiger partial charge on any atom is 0.347 e. The van der Waals surface area contributed by atoms with Crippen molar-refractivity contribution in [3.63, 3.8) is 0 Å². The second kappa shape index (κ2) is 22.1. The lowest BCUT2D eigenvalue weighted by Gasteiger charge is -2.31. The molecule has 3 N–H and O–H groups in total. The van der Waals surface area contributed by atoms with Crippen LogP contribution in [0.4, 0.5) is 0 Å². The molecule has 60 heavy (non-hydrogen) atoms. The summed E-state index contributed by atoms with van der Waals surface area (Å²) < 4.78 is 13.6. The van der Waals surface area contributed by atoms with Crippen LogP contribution < -0.4 is 16.4 Å². The maximum absolute atomic E-state index is 13.8. The highest BCUT2D eigenvalue weighted by atomic mass is 16.5. The zero-order chi connectivity index (χ0) is 42.6. The van der Waals surface area contributed by atoms with E-state index in [0.717, 1.165) is 132 Å². The van der Waals surface area contributed by atoms with Crippen LogP contribution in [0.3, 0.4) is 0 Å². The Hall–Kier alpha value is -4.09. The van der Waals surface area contributed by atoms with E-state index in [-0.39, 0.29) is 45.8 Å². The van der Waals surface area contributed by atoms with Crippen molar-refractivity contribution in [1.82, 2.24) is 14.5 Å². The van der Waals surface area contributed by atoms with Crippen LogP contribution in [0.5, 0.6) is 11.5 Å². The van der Waals surface area contributed by atoms with Crippen LogP contribution >= 0.6 is 0 Å². The van der Waals surface area contributed by atoms with Gasteiger partial charge in [-0.2, -0.15) is 0 Å². The summed E-state index contributed by atoms with van der Waals surface area (Å²) in [6, 6.07) is -0.386. The smallest absolute Gasteiger partial charge is 0.347 e. The molecule has 0 aromatic carbocycles. The molecule has 2 atom stereocenters. The third-order valence-corrected chi connectivity index (χ3v) is 14.1. The highest BCUT2D eigenvalue weighted by Crippen LogP contribution is 2.34. The van der Waals surface area contributed by atoms with Crippen molar-refractivity contribution in [2.45, 2.75) is 193 Å². The van der Waals surface area contributed by atoms with Gasteiger partial charge in [0.1, 0.15) is 17.1 Å². The van der Waals surface area contributed by atoms with Gasteiger partial charge in [-0.3, -0.25) is 19.2 Å². The van der Waals surface area contributed by atoms with Gasteiger partial charge in [-0.05, 0) is 109 Å². The van der Waals surface area contributed by atoms with Gasteiger partial charge in [-0.25, -0.2) is 4.79 Å². The number of rotatable bonds is 9. The minimum absolute atomic E-state index is 0.145. The summed E-state index contributed by atoms with van der Waals surface area (Å²) in [6.45, 7) is 3.36. The fourth-order valence-electron chi connectivity index (χ4n) is 10.8. The monoisotopic (exact) mass is 834 g/mol. The number of aromatic hydroxyl groups is 2. The molecule has 3 saturated carbocycles. The van der Waals surface area contributed by atoms with Gasteiger partial charge >= 0.3 is 11.9 Å². The van der Waals surface area contributed by atoms with Crippen LogP contribution in [0.2, 0.25) is 0 Å². The molecule has 2 unspecified atom stereocenters. The zero-order valence-electron chi connectivity index (χ0n) is 36.5. The number of nitrogens with zero attached hydrogens (tertiary/aromatic N) is 2. The summed E-state index contributed by atoms with van der Waals surface area (Å²) >= 11 is 0. The van der Waals surface area contributed by atoms with Crippen molar-refractivity contribution < 1.29 is 34.1 Å². The number of pyridine rings is 2. The van der Waals surface area contributed by atoms with Crippen LogP contribution in [0.25, 0.3) is 0 Å². The SMILES string of the molecule is CCOC(=O)C1CCCCC1NC(=O)c1c(O)c2c(n(CC3CCCCC3)c1=O)CCCCCC2.COC(=O)c1c(O)c2c(n(CC3CCCCC3)c1=O)CCCCCC2. The predicted octanol–water partition coefficient (Wildman–Crippen LogP) is 8.22. The van der Waals surface area contributed by atoms with Crippen LogP contribution in [0, 0.1) is 17.8 Å². The van der Waals surface area contributed by atoms with Gasteiger partial charge in [-0.15, -0.1) is 0 Å². The van der Waals surface area contributed by atoms with Gasteiger partial charge in [0, 0.05) is 41.6 Å². The molecule has 5 aliphatic rings. The third-order valence-electron chi connectivity index (χ3n) is 14.1. The highest BCUT2D eigenvalue weighted by molar-refractivity contribution is 5.97. The van der Waals surface area contributed by atoms with Crippen molar-refractivity contribution in [3.8, 4) is 11.5 Å². The number of aromatic nitrogens is 2. The number of hydrogen-bond donors (Lipinski definition) is 3. The molecule has 2 aromatic rings. The third kappa shape index (κ3) is 10.9. The van der Waals surface area contributed by atoms with E-state index in [1.165, 1.54) is 45.6 Å². The first-order chi connectivity index (χ1) is 29.1. The molecule has 0 spiro atoms. The van der Waals surface area contributed by atoms with E-state index in [1.807, 2.05) is 4.57 Å². The van der Waals surface area contributed by atoms with Gasteiger partial charge in [0.05, 0.1) is 19.6 Å². The van der Waals surface area contributed by atoms with Crippen molar-refractivity contribution in [3.05, 3.63) is 54.3 Å². The largest absolute Gasteiger partial charge is 0.507 e. The Balaban J connectivity index is 0.000000213. The Morgan fingerprint density at radius 3 is 1.53 bits per heavy atom. The Bertz CT molecular complexity index is 1920. The van der Waals surface area contributed by atoms with Crippen LogP contribution in [-0.4, -0.2) is 57.0 Å². The minimum Gasteiger partial charge on any atom is -0.507 e. The second-order valence-electron chi connectivity index (χ2n) is 18.2. The first-order valence-corrected chi connectivity index (χ1v) is 23.6. The molecule has 7 rings (SSSR count). The summed E-state index contributed by atoms with van der Waals surface area (Å²) in [5, 5.41) is 24.9. The summed E-state index contributed by atoms with van der Waals surface area (Å²) in [5.74, 6) is -1.38. The Kier molecular flexibility index (Phi) is 16.8. The molecule has 12 nitrogen and oxygen atoms in total. The van der Waals surface area contributed by atoms with Crippen LogP contribution in [-0.2, 0) is 53.0 Å². The average molecular weight is 834 g/mol. The molecule has 3 fully saturated rings.